The number of carbonyl (C=O) groups excluding carboxylic acids is 2. The van der Waals surface area contributed by atoms with Crippen LogP contribution in [0.25, 0.3) is 0 Å². The van der Waals surface area contributed by atoms with Gasteiger partial charge in [0.25, 0.3) is 0 Å². The van der Waals surface area contributed by atoms with E-state index in [1.807, 2.05) is 37.3 Å². The van der Waals surface area contributed by atoms with Crippen LogP contribution in [-0.2, 0) is 20.9 Å². The molecule has 1 aromatic heterocycles. The molecule has 0 aliphatic heterocycles. The smallest absolute Gasteiger partial charge is 0.309 e. The number of aryl methyl sites for hydroxylation is 1. The van der Waals surface area contributed by atoms with Gasteiger partial charge in [-0.25, -0.2) is 0 Å². The molecule has 0 saturated carbocycles. The Hall–Kier alpha value is -1.89. The van der Waals surface area contributed by atoms with Crippen molar-refractivity contribution >= 4 is 34.8 Å². The molecule has 7 heteroatoms. The molecular weight excluding hydrogens is 348 g/mol. The van der Waals surface area contributed by atoms with E-state index in [2.05, 4.69) is 10.6 Å². The van der Waals surface area contributed by atoms with Crippen LogP contribution in [0.15, 0.2) is 36.4 Å². The van der Waals surface area contributed by atoms with Gasteiger partial charge in [-0.2, -0.15) is 0 Å². The second-order valence-electron chi connectivity index (χ2n) is 5.24. The molecule has 0 aliphatic rings. The summed E-state index contributed by atoms with van der Waals surface area (Å²) in [5.74, 6) is -1.36. The van der Waals surface area contributed by atoms with Gasteiger partial charge >= 0.3 is 11.8 Å². The second kappa shape index (κ2) is 8.82. The minimum absolute atomic E-state index is 0.199. The van der Waals surface area contributed by atoms with Gasteiger partial charge in [0.05, 0.1) is 4.34 Å². The lowest BCUT2D eigenvalue weighted by Crippen LogP contribution is -2.41. The summed E-state index contributed by atoms with van der Waals surface area (Å²) in [7, 11) is 1.54. The van der Waals surface area contributed by atoms with Crippen LogP contribution < -0.4 is 10.6 Å². The molecule has 1 heterocycles. The van der Waals surface area contributed by atoms with Gasteiger partial charge in [0, 0.05) is 25.1 Å². The van der Waals surface area contributed by atoms with E-state index in [0.29, 0.717) is 10.9 Å². The van der Waals surface area contributed by atoms with E-state index in [0.717, 1.165) is 16.0 Å². The maximum atomic E-state index is 11.9. The lowest BCUT2D eigenvalue weighted by atomic mass is 10.1. The lowest BCUT2D eigenvalue weighted by Gasteiger charge is -2.14. The molecule has 2 amide bonds. The lowest BCUT2D eigenvalue weighted by molar-refractivity contribution is -0.139. The van der Waals surface area contributed by atoms with Gasteiger partial charge in [0.1, 0.15) is 6.10 Å². The number of halogens is 1. The zero-order chi connectivity index (χ0) is 17.5. The van der Waals surface area contributed by atoms with Crippen LogP contribution in [0.5, 0.6) is 0 Å². The number of methoxy groups -OCH3 is 1. The molecule has 2 rings (SSSR count). The maximum absolute atomic E-state index is 11.9. The van der Waals surface area contributed by atoms with E-state index in [4.69, 9.17) is 16.3 Å². The van der Waals surface area contributed by atoms with E-state index in [1.165, 1.54) is 11.3 Å². The Kier molecular flexibility index (Phi) is 6.78. The Labute approximate surface area is 150 Å². The third kappa shape index (κ3) is 5.33. The summed E-state index contributed by atoms with van der Waals surface area (Å²) in [4.78, 5) is 24.6. The summed E-state index contributed by atoms with van der Waals surface area (Å²) < 4.78 is 5.97. The fourth-order valence-corrected chi connectivity index (χ4v) is 3.17. The quantitative estimate of drug-likeness (QED) is 0.772. The molecule has 128 valence electrons. The van der Waals surface area contributed by atoms with Crippen molar-refractivity contribution in [2.24, 2.45) is 0 Å². The summed E-state index contributed by atoms with van der Waals surface area (Å²) >= 11 is 7.27. The van der Waals surface area contributed by atoms with Crippen LogP contribution in [0, 0.1) is 6.92 Å². The van der Waals surface area contributed by atoms with Crippen molar-refractivity contribution in [2.45, 2.75) is 19.6 Å². The topological polar surface area (TPSA) is 67.4 Å². The number of amides is 2. The summed E-state index contributed by atoms with van der Waals surface area (Å²) in [6.45, 7) is 2.49. The largest absolute Gasteiger partial charge is 0.374 e. The first-order chi connectivity index (χ1) is 11.5. The maximum Gasteiger partial charge on any atom is 0.309 e. The number of ether oxygens (including phenoxy) is 1. The van der Waals surface area contributed by atoms with Crippen LogP contribution in [0.1, 0.15) is 22.1 Å². The average molecular weight is 367 g/mol. The van der Waals surface area contributed by atoms with Crippen LogP contribution in [0.4, 0.5) is 0 Å². The number of hydrogen-bond donors (Lipinski definition) is 2. The Morgan fingerprint density at radius 3 is 2.38 bits per heavy atom. The third-order valence-electron chi connectivity index (χ3n) is 3.42. The summed E-state index contributed by atoms with van der Waals surface area (Å²) in [6.07, 6.45) is -0.337. The molecule has 1 aromatic carbocycles. The summed E-state index contributed by atoms with van der Waals surface area (Å²) in [5, 5.41) is 5.17. The highest BCUT2D eigenvalue weighted by Gasteiger charge is 2.18. The molecule has 0 bridgehead atoms. The van der Waals surface area contributed by atoms with E-state index < -0.39 is 11.8 Å². The number of benzene rings is 1. The summed E-state index contributed by atoms with van der Waals surface area (Å²) in [5.41, 5.74) is 2.08. The highest BCUT2D eigenvalue weighted by Crippen LogP contribution is 2.28. The van der Waals surface area contributed by atoms with Crippen molar-refractivity contribution in [3.8, 4) is 0 Å². The van der Waals surface area contributed by atoms with E-state index in [-0.39, 0.29) is 12.6 Å². The number of hydrogen-bond acceptors (Lipinski definition) is 4. The van der Waals surface area contributed by atoms with E-state index in [1.54, 1.807) is 13.2 Å². The Bertz CT molecular complexity index is 700. The first kappa shape index (κ1) is 18.4. The van der Waals surface area contributed by atoms with Gasteiger partial charge in [-0.3, -0.25) is 9.59 Å². The van der Waals surface area contributed by atoms with Crippen LogP contribution in [0.3, 0.4) is 0 Å². The number of rotatable bonds is 6. The van der Waals surface area contributed by atoms with Crippen molar-refractivity contribution in [1.82, 2.24) is 10.6 Å². The molecule has 0 fully saturated rings. The summed E-state index contributed by atoms with van der Waals surface area (Å²) in [6, 6.07) is 11.3. The van der Waals surface area contributed by atoms with E-state index >= 15 is 0 Å². The first-order valence-corrected chi connectivity index (χ1v) is 8.58. The molecule has 24 heavy (non-hydrogen) atoms. The molecular formula is C17H19ClN2O3S. The highest BCUT2D eigenvalue weighted by atomic mass is 35.5. The van der Waals surface area contributed by atoms with Gasteiger partial charge < -0.3 is 15.4 Å². The predicted octanol–water partition coefficient (Wildman–Crippen LogP) is 2.83. The van der Waals surface area contributed by atoms with Gasteiger partial charge in [0.2, 0.25) is 0 Å². The average Bonchev–Trinajstić information content (AvgIpc) is 3.00. The van der Waals surface area contributed by atoms with Crippen molar-refractivity contribution in [3.05, 3.63) is 56.7 Å². The van der Waals surface area contributed by atoms with E-state index in [9.17, 15) is 9.59 Å². The number of carbonyl (C=O) groups is 2. The standard InChI is InChI=1S/C17H19ClN2O3S/c1-11-3-5-12(6-4-11)9-19-16(21)17(22)20-10-13(23-2)14-7-8-15(18)24-14/h3-8,13H,9-10H2,1-2H3,(H,19,21)(H,20,22). The Morgan fingerprint density at radius 1 is 1.12 bits per heavy atom. The molecule has 5 nitrogen and oxygen atoms in total. The number of thiophene rings is 1. The predicted molar refractivity (Wildman–Crippen MR) is 95.1 cm³/mol. The molecule has 2 aromatic rings. The van der Waals surface area contributed by atoms with Gasteiger partial charge in [-0.05, 0) is 24.6 Å². The molecule has 1 unspecified atom stereocenters. The Morgan fingerprint density at radius 2 is 1.79 bits per heavy atom. The highest BCUT2D eigenvalue weighted by molar-refractivity contribution is 7.16. The first-order valence-electron chi connectivity index (χ1n) is 7.39. The molecule has 0 radical (unpaired) electrons. The molecule has 2 N–H and O–H groups in total. The van der Waals surface area contributed by atoms with Crippen molar-refractivity contribution in [3.63, 3.8) is 0 Å². The van der Waals surface area contributed by atoms with Crippen LogP contribution in [0.2, 0.25) is 4.34 Å². The molecule has 0 spiro atoms. The molecule has 1 atom stereocenters. The monoisotopic (exact) mass is 366 g/mol. The zero-order valence-electron chi connectivity index (χ0n) is 13.5. The number of nitrogens with one attached hydrogen (secondary N) is 2. The molecule has 0 saturated heterocycles. The zero-order valence-corrected chi connectivity index (χ0v) is 15.0. The second-order valence-corrected chi connectivity index (χ2v) is 6.99. The van der Waals surface area contributed by atoms with Crippen molar-refractivity contribution < 1.29 is 14.3 Å². The third-order valence-corrected chi connectivity index (χ3v) is 4.75. The minimum atomic E-state index is -0.688. The minimum Gasteiger partial charge on any atom is -0.374 e. The van der Waals surface area contributed by atoms with Crippen molar-refractivity contribution in [1.29, 1.82) is 0 Å². The fraction of sp³-hybridized carbons (Fsp3) is 0.294. The van der Waals surface area contributed by atoms with Crippen molar-refractivity contribution in [2.75, 3.05) is 13.7 Å². The van der Waals surface area contributed by atoms with Crippen LogP contribution >= 0.6 is 22.9 Å². The van der Waals surface area contributed by atoms with Gasteiger partial charge in [-0.15, -0.1) is 11.3 Å². The van der Waals surface area contributed by atoms with Gasteiger partial charge in [-0.1, -0.05) is 41.4 Å². The van der Waals surface area contributed by atoms with Gasteiger partial charge in [0.15, 0.2) is 0 Å². The molecule has 0 aliphatic carbocycles. The Balaban J connectivity index is 1.80. The SMILES string of the molecule is COC(CNC(=O)C(=O)NCc1ccc(C)cc1)c1ccc(Cl)s1. The fourth-order valence-electron chi connectivity index (χ4n) is 2.04. The van der Waals surface area contributed by atoms with Crippen LogP contribution in [-0.4, -0.2) is 25.5 Å². The normalized spacial score (nSPS) is 11.8.